The Balaban J connectivity index is 2.00. The molecule has 1 aliphatic rings. The van der Waals surface area contributed by atoms with Crippen molar-refractivity contribution in [1.29, 1.82) is 0 Å². The Labute approximate surface area is 88.8 Å². The quantitative estimate of drug-likeness (QED) is 0.421. The molecule has 1 unspecified atom stereocenters. The summed E-state index contributed by atoms with van der Waals surface area (Å²) in [6.07, 6.45) is 2.64. The summed E-state index contributed by atoms with van der Waals surface area (Å²) in [6, 6.07) is -0.604. The molecule has 0 saturated heterocycles. The third kappa shape index (κ3) is 5.21. The van der Waals surface area contributed by atoms with Gasteiger partial charge in [-0.3, -0.25) is 4.79 Å². The lowest BCUT2D eigenvalue weighted by Crippen LogP contribution is -2.39. The Morgan fingerprint density at radius 1 is 1.27 bits per heavy atom. The van der Waals surface area contributed by atoms with Gasteiger partial charge in [0.15, 0.2) is 0 Å². The molecule has 15 heavy (non-hydrogen) atoms. The van der Waals surface area contributed by atoms with Gasteiger partial charge in [-0.15, -0.1) is 0 Å². The minimum Gasteiger partial charge on any atom is -0.354 e. The summed E-state index contributed by atoms with van der Waals surface area (Å²) < 4.78 is 0. The molecule has 0 aliphatic heterocycles. The summed E-state index contributed by atoms with van der Waals surface area (Å²) in [4.78, 5) is 21.6. The van der Waals surface area contributed by atoms with E-state index < -0.39 is 6.03 Å². The molecule has 3 amide bonds. The largest absolute Gasteiger partial charge is 0.354 e. The molecular formula is C9H18N4O2. The van der Waals surface area contributed by atoms with Crippen molar-refractivity contribution < 1.29 is 9.59 Å². The Kier molecular flexibility index (Phi) is 4.36. The number of nitrogens with one attached hydrogen (secondary N) is 2. The van der Waals surface area contributed by atoms with Crippen LogP contribution in [-0.2, 0) is 4.79 Å². The first kappa shape index (κ1) is 11.8. The van der Waals surface area contributed by atoms with Gasteiger partial charge in [0, 0.05) is 25.6 Å². The van der Waals surface area contributed by atoms with Gasteiger partial charge in [0.25, 0.3) is 0 Å². The van der Waals surface area contributed by atoms with Crippen molar-refractivity contribution in [2.24, 2.45) is 17.4 Å². The van der Waals surface area contributed by atoms with Crippen LogP contribution in [0.3, 0.4) is 0 Å². The lowest BCUT2D eigenvalue weighted by Gasteiger charge is -2.10. The molecule has 1 aliphatic carbocycles. The molecule has 6 nitrogen and oxygen atoms in total. The van der Waals surface area contributed by atoms with Gasteiger partial charge < -0.3 is 22.1 Å². The first-order valence-corrected chi connectivity index (χ1v) is 5.15. The van der Waals surface area contributed by atoms with Crippen molar-refractivity contribution in [2.75, 3.05) is 13.1 Å². The van der Waals surface area contributed by atoms with Crippen LogP contribution >= 0.6 is 0 Å². The SMILES string of the molecule is NC(=O)NCCNC(=O)CC(N)C1CC1. The summed E-state index contributed by atoms with van der Waals surface area (Å²) in [5, 5.41) is 5.04. The van der Waals surface area contributed by atoms with Gasteiger partial charge in [-0.25, -0.2) is 4.79 Å². The lowest BCUT2D eigenvalue weighted by atomic mass is 10.1. The highest BCUT2D eigenvalue weighted by molar-refractivity contribution is 5.76. The Bertz CT molecular complexity index is 240. The van der Waals surface area contributed by atoms with Crippen LogP contribution in [0.15, 0.2) is 0 Å². The van der Waals surface area contributed by atoms with Gasteiger partial charge in [-0.2, -0.15) is 0 Å². The molecule has 0 aromatic carbocycles. The highest BCUT2D eigenvalue weighted by Gasteiger charge is 2.29. The van der Waals surface area contributed by atoms with E-state index in [0.29, 0.717) is 25.4 Å². The first-order valence-electron chi connectivity index (χ1n) is 5.15. The summed E-state index contributed by atoms with van der Waals surface area (Å²) in [5.74, 6) is 0.458. The van der Waals surface area contributed by atoms with E-state index in [2.05, 4.69) is 10.6 Å². The molecule has 0 bridgehead atoms. The predicted molar refractivity (Wildman–Crippen MR) is 55.9 cm³/mol. The van der Waals surface area contributed by atoms with Gasteiger partial charge in [0.05, 0.1) is 0 Å². The van der Waals surface area contributed by atoms with Crippen LogP contribution < -0.4 is 22.1 Å². The van der Waals surface area contributed by atoms with Crippen molar-refractivity contribution in [2.45, 2.75) is 25.3 Å². The fraction of sp³-hybridized carbons (Fsp3) is 0.778. The standard InChI is InChI=1S/C9H18N4O2/c10-7(6-1-2-6)5-8(14)12-3-4-13-9(11)15/h6-7H,1-5,10H2,(H,12,14)(H3,11,13,15). The Morgan fingerprint density at radius 3 is 2.40 bits per heavy atom. The zero-order valence-corrected chi connectivity index (χ0v) is 8.66. The van der Waals surface area contributed by atoms with Crippen molar-refractivity contribution in [3.05, 3.63) is 0 Å². The second kappa shape index (κ2) is 5.55. The number of hydrogen-bond acceptors (Lipinski definition) is 3. The van der Waals surface area contributed by atoms with Gasteiger partial charge >= 0.3 is 6.03 Å². The number of rotatable bonds is 6. The Morgan fingerprint density at radius 2 is 1.87 bits per heavy atom. The van der Waals surface area contributed by atoms with E-state index in [1.807, 2.05) is 0 Å². The molecule has 0 aromatic heterocycles. The fourth-order valence-corrected chi connectivity index (χ4v) is 1.36. The van der Waals surface area contributed by atoms with Crippen LogP contribution in [0.25, 0.3) is 0 Å². The van der Waals surface area contributed by atoms with E-state index in [9.17, 15) is 9.59 Å². The summed E-state index contributed by atoms with van der Waals surface area (Å²) >= 11 is 0. The third-order valence-corrected chi connectivity index (χ3v) is 2.40. The van der Waals surface area contributed by atoms with Gasteiger partial charge in [-0.1, -0.05) is 0 Å². The maximum Gasteiger partial charge on any atom is 0.312 e. The van der Waals surface area contributed by atoms with Gasteiger partial charge in [0.1, 0.15) is 0 Å². The molecule has 1 rings (SSSR count). The second-order valence-corrected chi connectivity index (χ2v) is 3.85. The third-order valence-electron chi connectivity index (χ3n) is 2.40. The van der Waals surface area contributed by atoms with Crippen molar-refractivity contribution in [1.82, 2.24) is 10.6 Å². The molecule has 1 atom stereocenters. The van der Waals surface area contributed by atoms with E-state index >= 15 is 0 Å². The van der Waals surface area contributed by atoms with Crippen molar-refractivity contribution in [3.8, 4) is 0 Å². The smallest absolute Gasteiger partial charge is 0.312 e. The van der Waals surface area contributed by atoms with Crippen LogP contribution in [0.5, 0.6) is 0 Å². The number of amides is 3. The molecule has 1 fully saturated rings. The molecule has 6 heteroatoms. The normalized spacial score (nSPS) is 16.9. The van der Waals surface area contributed by atoms with Gasteiger partial charge in [0.2, 0.25) is 5.91 Å². The minimum absolute atomic E-state index is 0.0194. The average Bonchev–Trinajstić information content (AvgIpc) is 2.94. The van der Waals surface area contributed by atoms with Gasteiger partial charge in [-0.05, 0) is 18.8 Å². The van der Waals surface area contributed by atoms with Crippen LogP contribution in [0, 0.1) is 5.92 Å². The number of carbonyl (C=O) groups excluding carboxylic acids is 2. The van der Waals surface area contributed by atoms with Crippen LogP contribution in [-0.4, -0.2) is 31.1 Å². The van der Waals surface area contributed by atoms with Crippen LogP contribution in [0.4, 0.5) is 4.79 Å². The molecule has 0 aromatic rings. The van der Waals surface area contributed by atoms with E-state index in [4.69, 9.17) is 11.5 Å². The molecule has 0 heterocycles. The summed E-state index contributed by atoms with van der Waals surface area (Å²) in [5.41, 5.74) is 10.6. The molecule has 1 saturated carbocycles. The zero-order chi connectivity index (χ0) is 11.3. The first-order chi connectivity index (χ1) is 7.09. The van der Waals surface area contributed by atoms with Crippen LogP contribution in [0.1, 0.15) is 19.3 Å². The molecule has 86 valence electrons. The van der Waals surface area contributed by atoms with E-state index in [1.54, 1.807) is 0 Å². The average molecular weight is 214 g/mol. The molecule has 6 N–H and O–H groups in total. The number of urea groups is 1. The van der Waals surface area contributed by atoms with E-state index in [-0.39, 0.29) is 11.9 Å². The fourth-order valence-electron chi connectivity index (χ4n) is 1.36. The molecule has 0 spiro atoms. The second-order valence-electron chi connectivity index (χ2n) is 3.85. The number of carbonyl (C=O) groups is 2. The predicted octanol–water partition coefficient (Wildman–Crippen LogP) is -1.10. The minimum atomic E-state index is -0.584. The van der Waals surface area contributed by atoms with E-state index in [1.165, 1.54) is 0 Å². The Hall–Kier alpha value is -1.30. The number of hydrogen-bond donors (Lipinski definition) is 4. The highest BCUT2D eigenvalue weighted by Crippen LogP contribution is 2.32. The van der Waals surface area contributed by atoms with Crippen molar-refractivity contribution in [3.63, 3.8) is 0 Å². The topological polar surface area (TPSA) is 110 Å². The molecule has 0 radical (unpaired) electrons. The summed E-state index contributed by atoms with van der Waals surface area (Å²) in [7, 11) is 0. The van der Waals surface area contributed by atoms with Crippen molar-refractivity contribution >= 4 is 11.9 Å². The monoisotopic (exact) mass is 214 g/mol. The number of primary amides is 1. The summed E-state index contributed by atoms with van der Waals surface area (Å²) in [6.45, 7) is 0.735. The zero-order valence-electron chi connectivity index (χ0n) is 8.66. The lowest BCUT2D eigenvalue weighted by molar-refractivity contribution is -0.121. The molecular weight excluding hydrogens is 196 g/mol. The van der Waals surface area contributed by atoms with Crippen LogP contribution in [0.2, 0.25) is 0 Å². The maximum absolute atomic E-state index is 11.3. The maximum atomic E-state index is 11.3. The van der Waals surface area contributed by atoms with E-state index in [0.717, 1.165) is 12.8 Å². The highest BCUT2D eigenvalue weighted by atomic mass is 16.2. The number of nitrogens with two attached hydrogens (primary N) is 2.